The van der Waals surface area contributed by atoms with Crippen LogP contribution < -0.4 is 4.72 Å². The van der Waals surface area contributed by atoms with Crippen LogP contribution in [0.4, 0.5) is 5.69 Å². The van der Waals surface area contributed by atoms with Gasteiger partial charge in [-0.1, -0.05) is 31.2 Å². The Kier molecular flexibility index (Phi) is 5.47. The van der Waals surface area contributed by atoms with Gasteiger partial charge in [0.15, 0.2) is 0 Å². The molecule has 0 radical (unpaired) electrons. The van der Waals surface area contributed by atoms with Crippen LogP contribution in [0.1, 0.15) is 56.7 Å². The van der Waals surface area contributed by atoms with Gasteiger partial charge >= 0.3 is 0 Å². The number of rotatable bonds is 6. The molecule has 0 spiro atoms. The van der Waals surface area contributed by atoms with Gasteiger partial charge in [0, 0.05) is 17.1 Å². The van der Waals surface area contributed by atoms with Crippen molar-refractivity contribution in [1.82, 2.24) is 4.57 Å². The summed E-state index contributed by atoms with van der Waals surface area (Å²) in [7, 11) is -1.10. The number of nitrogens with one attached hydrogen (secondary N) is 1. The Bertz CT molecular complexity index is 1100. The first-order chi connectivity index (χ1) is 14.0. The smallest absolute Gasteiger partial charge is 0.120 e. The minimum atomic E-state index is -1.10. The second-order valence-electron chi connectivity index (χ2n) is 8.01. The third-order valence-electron chi connectivity index (χ3n) is 6.03. The van der Waals surface area contributed by atoms with E-state index in [4.69, 9.17) is 0 Å². The predicted molar refractivity (Wildman–Crippen MR) is 121 cm³/mol. The van der Waals surface area contributed by atoms with Crippen molar-refractivity contribution in [3.8, 4) is 17.3 Å². The van der Waals surface area contributed by atoms with E-state index in [2.05, 4.69) is 40.5 Å². The maximum Gasteiger partial charge on any atom is 0.120 e. The first kappa shape index (κ1) is 19.7. The summed E-state index contributed by atoms with van der Waals surface area (Å²) in [5, 5.41) is 11.1. The SMILES string of the molecule is CCC(C)S(=O)Nc1ccc(-c2c(C#N)c3ccc(C)cc3n2C2CCC2)cc1. The molecule has 0 saturated heterocycles. The largest absolute Gasteiger partial charge is 0.336 e. The van der Waals surface area contributed by atoms with E-state index in [0.29, 0.717) is 6.04 Å². The molecule has 3 aromatic rings. The molecule has 0 bridgehead atoms. The van der Waals surface area contributed by atoms with Gasteiger partial charge in [-0.05, 0) is 68.9 Å². The molecule has 2 atom stereocenters. The molecule has 0 aliphatic heterocycles. The van der Waals surface area contributed by atoms with Crippen LogP contribution in [0.3, 0.4) is 0 Å². The highest BCUT2D eigenvalue weighted by atomic mass is 32.2. The fourth-order valence-corrected chi connectivity index (χ4v) is 4.78. The van der Waals surface area contributed by atoms with Gasteiger partial charge in [0.25, 0.3) is 0 Å². The summed E-state index contributed by atoms with van der Waals surface area (Å²) < 4.78 is 17.8. The highest BCUT2D eigenvalue weighted by Gasteiger charge is 2.27. The maximum absolute atomic E-state index is 12.3. The zero-order valence-electron chi connectivity index (χ0n) is 17.2. The standard InChI is InChI=1S/C24H27N3OS/c1-4-17(3)29(28)26-19-11-9-18(10-12-19)24-22(15-25)21-13-8-16(2)14-23(21)27(24)20-6-5-7-20/h8-14,17,20,26H,4-7H2,1-3H3. The molecular weight excluding hydrogens is 378 g/mol. The van der Waals surface area contributed by atoms with E-state index in [-0.39, 0.29) is 5.25 Å². The lowest BCUT2D eigenvalue weighted by molar-refractivity contribution is 0.324. The van der Waals surface area contributed by atoms with Gasteiger partial charge < -0.3 is 9.29 Å². The molecule has 150 valence electrons. The van der Waals surface area contributed by atoms with Crippen molar-refractivity contribution in [2.45, 2.75) is 57.7 Å². The van der Waals surface area contributed by atoms with Crippen molar-refractivity contribution < 1.29 is 4.21 Å². The second kappa shape index (κ2) is 8.04. The van der Waals surface area contributed by atoms with E-state index in [0.717, 1.165) is 52.7 Å². The fraction of sp³-hybridized carbons (Fsp3) is 0.375. The van der Waals surface area contributed by atoms with E-state index in [1.54, 1.807) is 0 Å². The molecule has 1 fully saturated rings. The first-order valence-corrected chi connectivity index (χ1v) is 11.6. The highest BCUT2D eigenvalue weighted by Crippen LogP contribution is 2.42. The Morgan fingerprint density at radius 2 is 1.97 bits per heavy atom. The third-order valence-corrected chi connectivity index (χ3v) is 7.53. The zero-order chi connectivity index (χ0) is 20.5. The van der Waals surface area contributed by atoms with Crippen LogP contribution in [0, 0.1) is 18.3 Å². The Morgan fingerprint density at radius 1 is 1.24 bits per heavy atom. The van der Waals surface area contributed by atoms with Crippen molar-refractivity contribution in [2.75, 3.05) is 4.72 Å². The van der Waals surface area contributed by atoms with Gasteiger partial charge in [-0.3, -0.25) is 0 Å². The second-order valence-corrected chi connectivity index (χ2v) is 9.61. The van der Waals surface area contributed by atoms with Crippen LogP contribution in [0.15, 0.2) is 42.5 Å². The molecule has 4 rings (SSSR count). The van der Waals surface area contributed by atoms with Crippen LogP contribution >= 0.6 is 0 Å². The average Bonchev–Trinajstić information content (AvgIpc) is 2.99. The van der Waals surface area contributed by atoms with E-state index in [1.807, 2.05) is 38.1 Å². The minimum Gasteiger partial charge on any atom is -0.336 e. The van der Waals surface area contributed by atoms with Crippen molar-refractivity contribution in [3.05, 3.63) is 53.6 Å². The van der Waals surface area contributed by atoms with Gasteiger partial charge in [0.05, 0.1) is 22.0 Å². The molecular formula is C24H27N3OS. The van der Waals surface area contributed by atoms with E-state index in [9.17, 15) is 9.47 Å². The summed E-state index contributed by atoms with van der Waals surface area (Å²) in [5.41, 5.74) is 5.98. The number of nitriles is 1. The normalized spacial score (nSPS) is 16.2. The molecule has 1 aliphatic rings. The number of aromatic nitrogens is 1. The number of hydrogen-bond acceptors (Lipinski definition) is 2. The topological polar surface area (TPSA) is 57.8 Å². The zero-order valence-corrected chi connectivity index (χ0v) is 18.1. The number of anilines is 1. The lowest BCUT2D eigenvalue weighted by atomic mass is 9.92. The molecule has 0 amide bonds. The summed E-state index contributed by atoms with van der Waals surface area (Å²) in [4.78, 5) is 0. The summed E-state index contributed by atoms with van der Waals surface area (Å²) in [6.45, 7) is 6.12. The number of aryl methyl sites for hydroxylation is 1. The van der Waals surface area contributed by atoms with Crippen molar-refractivity contribution >= 4 is 27.6 Å². The summed E-state index contributed by atoms with van der Waals surface area (Å²) >= 11 is 0. The Labute approximate surface area is 175 Å². The molecule has 2 aromatic carbocycles. The molecule has 29 heavy (non-hydrogen) atoms. The molecule has 1 heterocycles. The molecule has 4 nitrogen and oxygen atoms in total. The average molecular weight is 406 g/mol. The van der Waals surface area contributed by atoms with Gasteiger partial charge in [0.1, 0.15) is 17.1 Å². The van der Waals surface area contributed by atoms with Gasteiger partial charge in [0.2, 0.25) is 0 Å². The van der Waals surface area contributed by atoms with E-state index in [1.165, 1.54) is 12.0 Å². The van der Waals surface area contributed by atoms with Crippen LogP contribution in [0.25, 0.3) is 22.2 Å². The summed E-state index contributed by atoms with van der Waals surface area (Å²) in [6.07, 6.45) is 4.41. The Morgan fingerprint density at radius 3 is 2.55 bits per heavy atom. The number of nitrogens with zero attached hydrogens (tertiary/aromatic N) is 2. The molecule has 1 saturated carbocycles. The van der Waals surface area contributed by atoms with E-state index < -0.39 is 11.0 Å². The fourth-order valence-electron chi connectivity index (χ4n) is 3.91. The lowest BCUT2D eigenvalue weighted by Crippen LogP contribution is -2.18. The lowest BCUT2D eigenvalue weighted by Gasteiger charge is -2.30. The van der Waals surface area contributed by atoms with Gasteiger partial charge in [-0.2, -0.15) is 5.26 Å². The minimum absolute atomic E-state index is 0.101. The number of benzene rings is 2. The Balaban J connectivity index is 1.79. The monoisotopic (exact) mass is 405 g/mol. The van der Waals surface area contributed by atoms with Crippen molar-refractivity contribution in [3.63, 3.8) is 0 Å². The van der Waals surface area contributed by atoms with Crippen LogP contribution in [-0.4, -0.2) is 14.0 Å². The molecule has 5 heteroatoms. The highest BCUT2D eigenvalue weighted by molar-refractivity contribution is 7.87. The van der Waals surface area contributed by atoms with E-state index >= 15 is 0 Å². The van der Waals surface area contributed by atoms with Crippen molar-refractivity contribution in [1.29, 1.82) is 5.26 Å². The van der Waals surface area contributed by atoms with Crippen LogP contribution in [0.2, 0.25) is 0 Å². The third kappa shape index (κ3) is 3.58. The van der Waals surface area contributed by atoms with Gasteiger partial charge in [-0.15, -0.1) is 0 Å². The summed E-state index contributed by atoms with van der Waals surface area (Å²) in [5.74, 6) is 0. The quantitative estimate of drug-likeness (QED) is 0.540. The molecule has 1 aliphatic carbocycles. The molecule has 1 aromatic heterocycles. The van der Waals surface area contributed by atoms with Gasteiger partial charge in [-0.25, -0.2) is 4.21 Å². The predicted octanol–water partition coefficient (Wildman–Crippen LogP) is 6.09. The Hall–Kier alpha value is -2.58. The molecule has 1 N–H and O–H groups in total. The first-order valence-electron chi connectivity index (χ1n) is 10.4. The number of fused-ring (bicyclic) bond motifs is 1. The number of hydrogen-bond donors (Lipinski definition) is 1. The molecule has 2 unspecified atom stereocenters. The maximum atomic E-state index is 12.3. The van der Waals surface area contributed by atoms with Crippen LogP contribution in [0.5, 0.6) is 0 Å². The summed E-state index contributed by atoms with van der Waals surface area (Å²) in [6, 6.07) is 17.3. The van der Waals surface area contributed by atoms with Crippen LogP contribution in [-0.2, 0) is 11.0 Å². The van der Waals surface area contributed by atoms with Crippen molar-refractivity contribution in [2.24, 2.45) is 0 Å².